The third-order valence-electron chi connectivity index (χ3n) is 2.70. The molecule has 0 aromatic carbocycles. The summed E-state index contributed by atoms with van der Waals surface area (Å²) in [5, 5.41) is 3.41. The first-order valence-electron chi connectivity index (χ1n) is 4.85. The van der Waals surface area contributed by atoms with Crippen molar-refractivity contribution in [3.05, 3.63) is 0 Å². The SMILES string of the molecule is CC(=O)C1(NC(C)C)CCCC1. The van der Waals surface area contributed by atoms with Gasteiger partial charge in [0.1, 0.15) is 5.78 Å². The summed E-state index contributed by atoms with van der Waals surface area (Å²) >= 11 is 0. The lowest BCUT2D eigenvalue weighted by Gasteiger charge is -2.29. The van der Waals surface area contributed by atoms with E-state index in [-0.39, 0.29) is 5.54 Å². The molecular weight excluding hydrogens is 150 g/mol. The molecule has 12 heavy (non-hydrogen) atoms. The van der Waals surface area contributed by atoms with E-state index in [4.69, 9.17) is 0 Å². The van der Waals surface area contributed by atoms with Gasteiger partial charge in [-0.05, 0) is 33.6 Å². The first-order chi connectivity index (χ1) is 5.57. The largest absolute Gasteiger partial charge is 0.303 e. The molecule has 0 aromatic rings. The molecule has 2 nitrogen and oxygen atoms in total. The normalized spacial score (nSPS) is 21.7. The molecule has 70 valence electrons. The fourth-order valence-electron chi connectivity index (χ4n) is 2.13. The van der Waals surface area contributed by atoms with Gasteiger partial charge in [-0.1, -0.05) is 12.8 Å². The van der Waals surface area contributed by atoms with Crippen molar-refractivity contribution in [2.45, 2.75) is 58.0 Å². The van der Waals surface area contributed by atoms with Crippen molar-refractivity contribution in [3.63, 3.8) is 0 Å². The molecule has 1 saturated carbocycles. The molecule has 0 saturated heterocycles. The Labute approximate surface area is 74.7 Å². The van der Waals surface area contributed by atoms with Gasteiger partial charge in [0.2, 0.25) is 0 Å². The topological polar surface area (TPSA) is 29.1 Å². The van der Waals surface area contributed by atoms with Gasteiger partial charge in [-0.15, -0.1) is 0 Å². The first-order valence-corrected chi connectivity index (χ1v) is 4.85. The van der Waals surface area contributed by atoms with Crippen LogP contribution in [0.5, 0.6) is 0 Å². The highest BCUT2D eigenvalue weighted by Gasteiger charge is 2.38. The number of Topliss-reactive ketones (excluding diaryl/α,β-unsaturated/α-hetero) is 1. The van der Waals surface area contributed by atoms with Crippen LogP contribution in [-0.4, -0.2) is 17.4 Å². The van der Waals surface area contributed by atoms with Crippen LogP contribution in [0.25, 0.3) is 0 Å². The number of ketones is 1. The predicted molar refractivity (Wildman–Crippen MR) is 50.2 cm³/mol. The van der Waals surface area contributed by atoms with Gasteiger partial charge >= 0.3 is 0 Å². The molecule has 2 heteroatoms. The molecule has 0 atom stereocenters. The Kier molecular flexibility index (Phi) is 2.89. The standard InChI is InChI=1S/C10H19NO/c1-8(2)11-10(9(3)12)6-4-5-7-10/h8,11H,4-7H2,1-3H3. The minimum Gasteiger partial charge on any atom is -0.303 e. The number of nitrogens with one attached hydrogen (secondary N) is 1. The molecule has 0 aromatic heterocycles. The van der Waals surface area contributed by atoms with Gasteiger partial charge in [0.25, 0.3) is 0 Å². The quantitative estimate of drug-likeness (QED) is 0.699. The summed E-state index contributed by atoms with van der Waals surface area (Å²) in [4.78, 5) is 11.4. The Morgan fingerprint density at radius 3 is 2.17 bits per heavy atom. The smallest absolute Gasteiger partial charge is 0.149 e. The number of carbonyl (C=O) groups is 1. The highest BCUT2D eigenvalue weighted by atomic mass is 16.1. The number of rotatable bonds is 3. The van der Waals surface area contributed by atoms with Crippen LogP contribution in [0, 0.1) is 0 Å². The average Bonchev–Trinajstić information content (AvgIpc) is 2.35. The maximum atomic E-state index is 11.4. The van der Waals surface area contributed by atoms with Crippen molar-refractivity contribution in [1.29, 1.82) is 0 Å². The zero-order valence-electron chi connectivity index (χ0n) is 8.31. The number of carbonyl (C=O) groups excluding carboxylic acids is 1. The second kappa shape index (κ2) is 3.56. The second-order valence-corrected chi connectivity index (χ2v) is 4.14. The Morgan fingerprint density at radius 2 is 1.83 bits per heavy atom. The van der Waals surface area contributed by atoms with Crippen molar-refractivity contribution < 1.29 is 4.79 Å². The third-order valence-corrected chi connectivity index (χ3v) is 2.70. The molecular formula is C10H19NO. The predicted octanol–water partition coefficient (Wildman–Crippen LogP) is 1.89. The van der Waals surface area contributed by atoms with E-state index in [9.17, 15) is 4.79 Å². The summed E-state index contributed by atoms with van der Waals surface area (Å²) in [5.74, 6) is 0.314. The van der Waals surface area contributed by atoms with Gasteiger partial charge in [0.05, 0.1) is 5.54 Å². The Morgan fingerprint density at radius 1 is 1.33 bits per heavy atom. The summed E-state index contributed by atoms with van der Waals surface area (Å²) in [5.41, 5.74) is -0.172. The van der Waals surface area contributed by atoms with Crippen LogP contribution in [-0.2, 0) is 4.79 Å². The van der Waals surface area contributed by atoms with Gasteiger partial charge in [-0.2, -0.15) is 0 Å². The lowest BCUT2D eigenvalue weighted by Crippen LogP contribution is -2.51. The molecule has 0 bridgehead atoms. The molecule has 1 rings (SSSR count). The highest BCUT2D eigenvalue weighted by molar-refractivity contribution is 5.86. The maximum Gasteiger partial charge on any atom is 0.149 e. The van der Waals surface area contributed by atoms with Crippen LogP contribution in [0.2, 0.25) is 0 Å². The van der Waals surface area contributed by atoms with Crippen molar-refractivity contribution in [2.75, 3.05) is 0 Å². The van der Waals surface area contributed by atoms with Gasteiger partial charge in [0, 0.05) is 6.04 Å². The van der Waals surface area contributed by atoms with Crippen LogP contribution in [0.3, 0.4) is 0 Å². The fraction of sp³-hybridized carbons (Fsp3) is 0.900. The van der Waals surface area contributed by atoms with E-state index in [0.717, 1.165) is 12.8 Å². The van der Waals surface area contributed by atoms with Crippen LogP contribution in [0.15, 0.2) is 0 Å². The van der Waals surface area contributed by atoms with E-state index < -0.39 is 0 Å². The Balaban J connectivity index is 2.65. The summed E-state index contributed by atoms with van der Waals surface area (Å²) in [6, 6.07) is 0.409. The Bertz CT molecular complexity index is 169. The molecule has 0 unspecified atom stereocenters. The van der Waals surface area contributed by atoms with Crippen molar-refractivity contribution in [1.82, 2.24) is 5.32 Å². The van der Waals surface area contributed by atoms with E-state index in [1.165, 1.54) is 12.8 Å². The minimum absolute atomic E-state index is 0.172. The van der Waals surface area contributed by atoms with Crippen molar-refractivity contribution in [2.24, 2.45) is 0 Å². The number of hydrogen-bond donors (Lipinski definition) is 1. The van der Waals surface area contributed by atoms with Crippen LogP contribution >= 0.6 is 0 Å². The van der Waals surface area contributed by atoms with Crippen LogP contribution in [0.4, 0.5) is 0 Å². The summed E-state index contributed by atoms with van der Waals surface area (Å²) < 4.78 is 0. The van der Waals surface area contributed by atoms with E-state index in [1.54, 1.807) is 6.92 Å². The molecule has 0 heterocycles. The molecule has 0 amide bonds. The highest BCUT2D eigenvalue weighted by Crippen LogP contribution is 2.30. The molecule has 0 aliphatic heterocycles. The van der Waals surface area contributed by atoms with E-state index in [2.05, 4.69) is 19.2 Å². The fourth-order valence-corrected chi connectivity index (χ4v) is 2.13. The number of hydrogen-bond acceptors (Lipinski definition) is 2. The van der Waals surface area contributed by atoms with Gasteiger partial charge in [-0.25, -0.2) is 0 Å². The zero-order chi connectivity index (χ0) is 9.19. The van der Waals surface area contributed by atoms with Crippen molar-refractivity contribution in [3.8, 4) is 0 Å². The van der Waals surface area contributed by atoms with Gasteiger partial charge in [-0.3, -0.25) is 4.79 Å². The lowest BCUT2D eigenvalue weighted by molar-refractivity contribution is -0.123. The second-order valence-electron chi connectivity index (χ2n) is 4.14. The maximum absolute atomic E-state index is 11.4. The lowest BCUT2D eigenvalue weighted by atomic mass is 9.92. The van der Waals surface area contributed by atoms with Gasteiger partial charge in [0.15, 0.2) is 0 Å². The van der Waals surface area contributed by atoms with E-state index >= 15 is 0 Å². The summed E-state index contributed by atoms with van der Waals surface area (Å²) in [7, 11) is 0. The average molecular weight is 169 g/mol. The molecule has 1 N–H and O–H groups in total. The third kappa shape index (κ3) is 1.86. The van der Waals surface area contributed by atoms with E-state index in [1.807, 2.05) is 0 Å². The Hall–Kier alpha value is -0.370. The van der Waals surface area contributed by atoms with Gasteiger partial charge < -0.3 is 5.32 Å². The minimum atomic E-state index is -0.172. The monoisotopic (exact) mass is 169 g/mol. The zero-order valence-corrected chi connectivity index (χ0v) is 8.31. The molecule has 1 aliphatic carbocycles. The molecule has 0 spiro atoms. The van der Waals surface area contributed by atoms with Crippen LogP contribution in [0.1, 0.15) is 46.5 Å². The molecule has 1 fully saturated rings. The van der Waals surface area contributed by atoms with Crippen LogP contribution < -0.4 is 5.32 Å². The molecule has 0 radical (unpaired) electrons. The summed E-state index contributed by atoms with van der Waals surface area (Å²) in [6.45, 7) is 5.91. The first kappa shape index (κ1) is 9.72. The van der Waals surface area contributed by atoms with E-state index in [0.29, 0.717) is 11.8 Å². The van der Waals surface area contributed by atoms with Crippen molar-refractivity contribution >= 4 is 5.78 Å². The summed E-state index contributed by atoms with van der Waals surface area (Å²) in [6.07, 6.45) is 4.44. The molecule has 1 aliphatic rings.